The summed E-state index contributed by atoms with van der Waals surface area (Å²) in [7, 11) is 1.59. The molecule has 0 aromatic heterocycles. The number of methoxy groups -OCH3 is 1. The molecule has 226 valence electrons. The van der Waals surface area contributed by atoms with Crippen LogP contribution in [0.3, 0.4) is 0 Å². The molecule has 2 fully saturated rings. The second-order valence-corrected chi connectivity index (χ2v) is 11.8. The molecule has 0 unspecified atom stereocenters. The van der Waals surface area contributed by atoms with Gasteiger partial charge in [-0.05, 0) is 98.2 Å². The monoisotopic (exact) mass is 621 g/mol. The fourth-order valence-electron chi connectivity index (χ4n) is 5.48. The fourth-order valence-corrected chi connectivity index (χ4v) is 6.35. The van der Waals surface area contributed by atoms with E-state index in [1.165, 1.54) is 12.1 Å². The quantitative estimate of drug-likeness (QED) is 0.235. The van der Waals surface area contributed by atoms with Crippen molar-refractivity contribution in [2.45, 2.75) is 23.8 Å². The number of piperazine rings is 1. The van der Waals surface area contributed by atoms with Crippen LogP contribution in [0.25, 0.3) is 0 Å². The lowest BCUT2D eigenvalue weighted by molar-refractivity contribution is -0.124. The first kappa shape index (κ1) is 30.8. The summed E-state index contributed by atoms with van der Waals surface area (Å²) in [5.41, 5.74) is 2.37. The van der Waals surface area contributed by atoms with Crippen LogP contribution in [0.4, 0.5) is 21.5 Å². The number of nitrogens with zero attached hydrogens (tertiary/aromatic N) is 4. The van der Waals surface area contributed by atoms with Gasteiger partial charge in [-0.3, -0.25) is 19.4 Å². The molecule has 3 aromatic carbocycles. The number of benzene rings is 3. The van der Waals surface area contributed by atoms with Gasteiger partial charge in [-0.1, -0.05) is 6.07 Å². The second-order valence-electron chi connectivity index (χ2n) is 10.5. The molecule has 5 rings (SSSR count). The minimum atomic E-state index is -0.695. The van der Waals surface area contributed by atoms with Gasteiger partial charge in [0.25, 0.3) is 5.91 Å². The van der Waals surface area contributed by atoms with Crippen LogP contribution in [0.2, 0.25) is 0 Å². The predicted octanol–water partition coefficient (Wildman–Crippen LogP) is 5.10. The summed E-state index contributed by atoms with van der Waals surface area (Å²) in [4.78, 5) is 36.1. The van der Waals surface area contributed by atoms with Crippen LogP contribution >= 0.6 is 24.0 Å². The van der Waals surface area contributed by atoms with Crippen molar-refractivity contribution in [3.05, 3.63) is 78.6 Å². The fraction of sp³-hybridized carbons (Fsp3) is 0.344. The Morgan fingerprint density at radius 1 is 1.00 bits per heavy atom. The summed E-state index contributed by atoms with van der Waals surface area (Å²) in [6, 6.07) is 20.8. The van der Waals surface area contributed by atoms with Crippen LogP contribution in [0, 0.1) is 5.82 Å². The van der Waals surface area contributed by atoms with Gasteiger partial charge in [-0.2, -0.15) is 0 Å². The molecule has 0 spiro atoms. The van der Waals surface area contributed by atoms with E-state index >= 15 is 0 Å². The van der Waals surface area contributed by atoms with Gasteiger partial charge in [0.1, 0.15) is 17.6 Å². The number of thioether (sulfide) groups is 1. The zero-order valence-corrected chi connectivity index (χ0v) is 26.0. The summed E-state index contributed by atoms with van der Waals surface area (Å²) < 4.78 is 18.5. The SMILES string of the molecule is COc1ccc(NC(=O)C[C@H]2C(=O)N(c3cccc(SC)c3)C(=S)N2CCCN2CCN(c3ccc(F)cc3)CC2)cc1. The first-order valence-electron chi connectivity index (χ1n) is 14.3. The average molecular weight is 622 g/mol. The van der Waals surface area contributed by atoms with E-state index in [-0.39, 0.29) is 24.1 Å². The van der Waals surface area contributed by atoms with Crippen molar-refractivity contribution < 1.29 is 18.7 Å². The Morgan fingerprint density at radius 2 is 1.72 bits per heavy atom. The highest BCUT2D eigenvalue weighted by Gasteiger charge is 2.44. The van der Waals surface area contributed by atoms with E-state index in [9.17, 15) is 14.0 Å². The maximum atomic E-state index is 13.8. The van der Waals surface area contributed by atoms with Crippen LogP contribution in [0.1, 0.15) is 12.8 Å². The van der Waals surface area contributed by atoms with Gasteiger partial charge in [0.15, 0.2) is 5.11 Å². The molecule has 0 radical (unpaired) electrons. The zero-order valence-electron chi connectivity index (χ0n) is 24.4. The number of nitrogens with one attached hydrogen (secondary N) is 1. The smallest absolute Gasteiger partial charge is 0.256 e. The summed E-state index contributed by atoms with van der Waals surface area (Å²) in [6.07, 6.45) is 2.76. The highest BCUT2D eigenvalue weighted by molar-refractivity contribution is 7.98. The standard InChI is InChI=1S/C32H36FN5O3S2/c1-41-27-13-9-24(10-14-27)34-30(39)22-29-31(40)38(26-5-3-6-28(21-26)43-2)32(42)37(29)16-4-15-35-17-19-36(20-18-35)25-11-7-23(33)8-12-25/h3,5-14,21,29H,4,15-20,22H2,1-2H3,(H,34,39)/t29-/m0/s1. The van der Waals surface area contributed by atoms with E-state index in [1.807, 2.05) is 47.6 Å². The van der Waals surface area contributed by atoms with Gasteiger partial charge >= 0.3 is 0 Å². The van der Waals surface area contributed by atoms with Crippen molar-refractivity contribution in [2.24, 2.45) is 0 Å². The van der Waals surface area contributed by atoms with E-state index < -0.39 is 6.04 Å². The van der Waals surface area contributed by atoms with E-state index in [1.54, 1.807) is 48.0 Å². The van der Waals surface area contributed by atoms with Gasteiger partial charge in [0.05, 0.1) is 19.2 Å². The number of hydrogen-bond acceptors (Lipinski definition) is 7. The lowest BCUT2D eigenvalue weighted by atomic mass is 10.1. The molecule has 8 nitrogen and oxygen atoms in total. The topological polar surface area (TPSA) is 68.4 Å². The Hall–Kier alpha value is -3.67. The molecule has 0 saturated carbocycles. The van der Waals surface area contributed by atoms with Crippen LogP contribution in [0.15, 0.2) is 77.7 Å². The largest absolute Gasteiger partial charge is 0.497 e. The van der Waals surface area contributed by atoms with Gasteiger partial charge in [-0.15, -0.1) is 11.8 Å². The maximum absolute atomic E-state index is 13.8. The Morgan fingerprint density at radius 3 is 2.40 bits per heavy atom. The Labute approximate surface area is 261 Å². The van der Waals surface area contributed by atoms with Gasteiger partial charge in [-0.25, -0.2) is 4.39 Å². The number of hydrogen-bond donors (Lipinski definition) is 1. The highest BCUT2D eigenvalue weighted by Crippen LogP contribution is 2.30. The van der Waals surface area contributed by atoms with E-state index in [2.05, 4.69) is 15.1 Å². The van der Waals surface area contributed by atoms with E-state index in [4.69, 9.17) is 17.0 Å². The molecule has 1 N–H and O–H groups in total. The van der Waals surface area contributed by atoms with Gasteiger partial charge in [0, 0.05) is 49.0 Å². The molecule has 2 heterocycles. The number of anilines is 3. The number of thiocarbonyl (C=S) groups is 1. The van der Waals surface area contributed by atoms with Crippen molar-refractivity contribution >= 4 is 58.0 Å². The third-order valence-electron chi connectivity index (χ3n) is 7.82. The van der Waals surface area contributed by atoms with Crippen molar-refractivity contribution in [1.82, 2.24) is 9.80 Å². The Balaban J connectivity index is 1.23. The summed E-state index contributed by atoms with van der Waals surface area (Å²) >= 11 is 7.46. The summed E-state index contributed by atoms with van der Waals surface area (Å²) in [6.45, 7) is 4.91. The molecule has 43 heavy (non-hydrogen) atoms. The highest BCUT2D eigenvalue weighted by atomic mass is 32.2. The Bertz CT molecular complexity index is 1430. The second kappa shape index (κ2) is 14.2. The van der Waals surface area contributed by atoms with Gasteiger partial charge in [0.2, 0.25) is 5.91 Å². The molecule has 2 aliphatic rings. The first-order chi connectivity index (χ1) is 20.9. The number of halogens is 1. The maximum Gasteiger partial charge on any atom is 0.256 e. The molecule has 11 heteroatoms. The average Bonchev–Trinajstić information content (AvgIpc) is 3.26. The normalized spacial score (nSPS) is 17.5. The van der Waals surface area contributed by atoms with E-state index in [0.717, 1.165) is 49.7 Å². The Kier molecular flexibility index (Phi) is 10.2. The number of carbonyl (C=O) groups is 2. The van der Waals surface area contributed by atoms with Crippen LogP contribution < -0.4 is 19.9 Å². The third kappa shape index (κ3) is 7.46. The number of carbonyl (C=O) groups excluding carboxylic acids is 2. The molecular weight excluding hydrogens is 586 g/mol. The molecular formula is C32H36FN5O3S2. The van der Waals surface area contributed by atoms with Crippen molar-refractivity contribution in [3.63, 3.8) is 0 Å². The lowest BCUT2D eigenvalue weighted by Gasteiger charge is -2.36. The van der Waals surface area contributed by atoms with Crippen molar-refractivity contribution in [3.8, 4) is 5.75 Å². The summed E-state index contributed by atoms with van der Waals surface area (Å²) in [5.74, 6) is 0.0159. The van der Waals surface area contributed by atoms with Crippen molar-refractivity contribution in [2.75, 3.05) is 67.8 Å². The van der Waals surface area contributed by atoms with Crippen LogP contribution in [-0.2, 0) is 9.59 Å². The van der Waals surface area contributed by atoms with E-state index in [0.29, 0.717) is 28.8 Å². The number of rotatable bonds is 11. The minimum Gasteiger partial charge on any atom is -0.497 e. The molecule has 1 atom stereocenters. The number of amides is 2. The molecule has 3 aromatic rings. The molecule has 2 amide bonds. The zero-order chi connectivity index (χ0) is 30.3. The predicted molar refractivity (Wildman–Crippen MR) is 175 cm³/mol. The molecule has 0 aliphatic carbocycles. The minimum absolute atomic E-state index is 0.0138. The third-order valence-corrected chi connectivity index (χ3v) is 8.96. The van der Waals surface area contributed by atoms with Gasteiger partial charge < -0.3 is 19.9 Å². The summed E-state index contributed by atoms with van der Waals surface area (Å²) in [5, 5.41) is 3.33. The molecule has 2 aliphatic heterocycles. The number of ether oxygens (including phenoxy) is 1. The van der Waals surface area contributed by atoms with Crippen molar-refractivity contribution in [1.29, 1.82) is 0 Å². The lowest BCUT2D eigenvalue weighted by Crippen LogP contribution is -2.47. The molecule has 2 saturated heterocycles. The van der Waals surface area contributed by atoms with Crippen LogP contribution in [-0.4, -0.2) is 85.4 Å². The first-order valence-corrected chi connectivity index (χ1v) is 15.9. The van der Waals surface area contributed by atoms with Crippen LogP contribution in [0.5, 0.6) is 5.75 Å². The molecule has 0 bridgehead atoms.